The predicted octanol–water partition coefficient (Wildman–Crippen LogP) is 1.52. The maximum absolute atomic E-state index is 9.68. The fourth-order valence-corrected chi connectivity index (χ4v) is 1.70. The van der Waals surface area contributed by atoms with Gasteiger partial charge in [-0.2, -0.15) is 0 Å². The summed E-state index contributed by atoms with van der Waals surface area (Å²) >= 11 is 5.77. The Labute approximate surface area is 91.4 Å². The average Bonchev–Trinajstić information content (AvgIpc) is 2.89. The highest BCUT2D eigenvalue weighted by Crippen LogP contribution is 2.46. The van der Waals surface area contributed by atoms with Crippen LogP contribution in [0.1, 0.15) is 18.4 Å². The molecule has 0 saturated heterocycles. The summed E-state index contributed by atoms with van der Waals surface area (Å²) in [5.74, 6) is -1.11. The van der Waals surface area contributed by atoms with Crippen LogP contribution in [0, 0.1) is 0 Å². The van der Waals surface area contributed by atoms with Crippen LogP contribution in [0.25, 0.3) is 0 Å². The summed E-state index contributed by atoms with van der Waals surface area (Å²) in [5.41, 5.74) is -0.657. The number of aliphatic hydroxyl groups is 1. The van der Waals surface area contributed by atoms with Gasteiger partial charge >= 0.3 is 0 Å². The van der Waals surface area contributed by atoms with E-state index in [1.54, 1.807) is 0 Å². The molecule has 1 aliphatic rings. The van der Waals surface area contributed by atoms with E-state index in [1.165, 1.54) is 0 Å². The molecule has 0 bridgehead atoms. The molecule has 1 aromatic rings. The number of rotatable bonds is 2. The van der Waals surface area contributed by atoms with Crippen molar-refractivity contribution in [2.75, 3.05) is 0 Å². The van der Waals surface area contributed by atoms with Crippen molar-refractivity contribution in [1.29, 1.82) is 0 Å². The van der Waals surface area contributed by atoms with Crippen molar-refractivity contribution in [1.82, 2.24) is 0 Å². The Morgan fingerprint density at radius 1 is 1.20 bits per heavy atom. The molecule has 2 rings (SSSR count). The number of phenolic OH excluding ortho intramolecular Hbond substituents is 3. The van der Waals surface area contributed by atoms with Crippen LogP contribution >= 0.6 is 11.6 Å². The minimum absolute atomic E-state index is 0.0226. The topological polar surface area (TPSA) is 80.9 Å². The van der Waals surface area contributed by atoms with Crippen molar-refractivity contribution >= 4 is 11.6 Å². The Morgan fingerprint density at radius 3 is 2.33 bits per heavy atom. The second-order valence-corrected chi connectivity index (χ2v) is 4.34. The van der Waals surface area contributed by atoms with E-state index in [-0.39, 0.29) is 28.5 Å². The third kappa shape index (κ3) is 1.82. The van der Waals surface area contributed by atoms with Crippen LogP contribution in [-0.2, 0) is 6.42 Å². The zero-order valence-electron chi connectivity index (χ0n) is 7.87. The number of phenols is 3. The first kappa shape index (κ1) is 10.4. The van der Waals surface area contributed by atoms with Gasteiger partial charge in [-0.15, -0.1) is 0 Å². The summed E-state index contributed by atoms with van der Waals surface area (Å²) in [5, 5.41) is 37.8. The minimum Gasteiger partial charge on any atom is -0.506 e. The highest BCUT2D eigenvalue weighted by Gasteiger charge is 2.41. The summed E-state index contributed by atoms with van der Waals surface area (Å²) in [4.78, 5) is 0. The number of hydrogen-bond donors (Lipinski definition) is 4. The van der Waals surface area contributed by atoms with E-state index in [2.05, 4.69) is 0 Å². The second kappa shape index (κ2) is 3.18. The molecule has 1 saturated carbocycles. The van der Waals surface area contributed by atoms with Gasteiger partial charge in [0, 0.05) is 18.1 Å². The van der Waals surface area contributed by atoms with Gasteiger partial charge in [0.1, 0.15) is 5.75 Å². The zero-order chi connectivity index (χ0) is 11.2. The Kier molecular flexibility index (Phi) is 2.20. The molecule has 1 aromatic carbocycles. The van der Waals surface area contributed by atoms with Crippen molar-refractivity contribution in [3.63, 3.8) is 0 Å². The van der Waals surface area contributed by atoms with Gasteiger partial charge < -0.3 is 20.4 Å². The van der Waals surface area contributed by atoms with E-state index >= 15 is 0 Å². The molecule has 15 heavy (non-hydrogen) atoms. The van der Waals surface area contributed by atoms with Crippen LogP contribution < -0.4 is 0 Å². The molecule has 0 radical (unpaired) electrons. The number of hydrogen-bond acceptors (Lipinski definition) is 4. The van der Waals surface area contributed by atoms with E-state index in [1.807, 2.05) is 0 Å². The normalized spacial score (nSPS) is 17.7. The Bertz CT molecular complexity index is 386. The quantitative estimate of drug-likeness (QED) is 0.459. The van der Waals surface area contributed by atoms with Gasteiger partial charge in [0.15, 0.2) is 11.5 Å². The lowest BCUT2D eigenvalue weighted by Crippen LogP contribution is -2.11. The fourth-order valence-electron chi connectivity index (χ4n) is 1.49. The van der Waals surface area contributed by atoms with Gasteiger partial charge in [-0.1, -0.05) is 11.6 Å². The fraction of sp³-hybridized carbons (Fsp3) is 0.400. The molecular formula is C10H11ClO4. The molecule has 82 valence electrons. The van der Waals surface area contributed by atoms with Gasteiger partial charge in [-0.25, -0.2) is 0 Å². The molecule has 0 heterocycles. The van der Waals surface area contributed by atoms with Crippen molar-refractivity contribution in [2.45, 2.75) is 24.9 Å². The largest absolute Gasteiger partial charge is 0.506 e. The summed E-state index contributed by atoms with van der Waals surface area (Å²) in [6.07, 6.45) is 1.41. The Morgan fingerprint density at radius 2 is 1.80 bits per heavy atom. The molecule has 0 aromatic heterocycles. The monoisotopic (exact) mass is 230 g/mol. The van der Waals surface area contributed by atoms with Crippen molar-refractivity contribution in [3.8, 4) is 17.2 Å². The maximum atomic E-state index is 9.68. The second-order valence-electron chi connectivity index (χ2n) is 3.96. The van der Waals surface area contributed by atoms with Crippen LogP contribution in [0.4, 0.5) is 0 Å². The van der Waals surface area contributed by atoms with Gasteiger partial charge in [-0.3, -0.25) is 0 Å². The minimum atomic E-state index is -0.846. The maximum Gasteiger partial charge on any atom is 0.162 e. The summed E-state index contributed by atoms with van der Waals surface area (Å²) in [6.45, 7) is 0. The van der Waals surface area contributed by atoms with Crippen LogP contribution in [0.3, 0.4) is 0 Å². The van der Waals surface area contributed by atoms with E-state index in [0.29, 0.717) is 12.8 Å². The van der Waals surface area contributed by atoms with Crippen LogP contribution in [0.5, 0.6) is 17.2 Å². The van der Waals surface area contributed by atoms with Crippen molar-refractivity contribution < 1.29 is 20.4 Å². The lowest BCUT2D eigenvalue weighted by Gasteiger charge is -2.13. The zero-order valence-corrected chi connectivity index (χ0v) is 8.62. The predicted molar refractivity (Wildman–Crippen MR) is 54.3 cm³/mol. The molecular weight excluding hydrogens is 220 g/mol. The lowest BCUT2D eigenvalue weighted by atomic mass is 10.0. The van der Waals surface area contributed by atoms with Gasteiger partial charge in [0.05, 0.1) is 10.6 Å². The molecule has 5 heteroatoms. The standard InChI is InChI=1S/C10H11ClO4/c11-8-5(4-10(15)1-2-10)9(14)7(13)3-6(8)12/h3,12-15H,1-2,4H2. The van der Waals surface area contributed by atoms with E-state index in [9.17, 15) is 20.4 Å². The molecule has 4 nitrogen and oxygen atoms in total. The van der Waals surface area contributed by atoms with Crippen molar-refractivity contribution in [2.24, 2.45) is 0 Å². The smallest absolute Gasteiger partial charge is 0.162 e. The van der Waals surface area contributed by atoms with Crippen molar-refractivity contribution in [3.05, 3.63) is 16.7 Å². The molecule has 0 aliphatic heterocycles. The third-order valence-corrected chi connectivity index (χ3v) is 3.05. The molecule has 0 amide bonds. The molecule has 1 fully saturated rings. The lowest BCUT2D eigenvalue weighted by molar-refractivity contribution is 0.149. The number of aromatic hydroxyl groups is 3. The average molecular weight is 231 g/mol. The molecule has 0 spiro atoms. The summed E-state index contributed by atoms with van der Waals surface area (Å²) in [6, 6.07) is 0.970. The number of benzene rings is 1. The van der Waals surface area contributed by atoms with E-state index in [4.69, 9.17) is 11.6 Å². The highest BCUT2D eigenvalue weighted by atomic mass is 35.5. The summed E-state index contributed by atoms with van der Waals surface area (Å²) < 4.78 is 0. The van der Waals surface area contributed by atoms with E-state index < -0.39 is 11.4 Å². The van der Waals surface area contributed by atoms with Crippen LogP contribution in [-0.4, -0.2) is 26.0 Å². The van der Waals surface area contributed by atoms with E-state index in [0.717, 1.165) is 6.07 Å². The van der Waals surface area contributed by atoms with Crippen LogP contribution in [0.2, 0.25) is 5.02 Å². The Hall–Kier alpha value is -1.13. The molecule has 4 N–H and O–H groups in total. The first-order valence-electron chi connectivity index (χ1n) is 4.57. The highest BCUT2D eigenvalue weighted by molar-refractivity contribution is 6.33. The van der Waals surface area contributed by atoms with Gasteiger partial charge in [-0.05, 0) is 12.8 Å². The first-order valence-corrected chi connectivity index (χ1v) is 4.95. The SMILES string of the molecule is Oc1cc(O)c(Cl)c(CC2(O)CC2)c1O. The third-order valence-electron chi connectivity index (χ3n) is 2.62. The Balaban J connectivity index is 2.44. The molecule has 0 unspecified atom stereocenters. The number of halogens is 1. The van der Waals surface area contributed by atoms with Gasteiger partial charge in [0.25, 0.3) is 0 Å². The first-order chi connectivity index (χ1) is 6.93. The van der Waals surface area contributed by atoms with Gasteiger partial charge in [0.2, 0.25) is 0 Å². The molecule has 0 atom stereocenters. The molecule has 1 aliphatic carbocycles. The summed E-state index contributed by atoms with van der Waals surface area (Å²) in [7, 11) is 0. The van der Waals surface area contributed by atoms with Crippen LogP contribution in [0.15, 0.2) is 6.07 Å².